The van der Waals surface area contributed by atoms with Gasteiger partial charge in [0.05, 0.1) is 12.5 Å². The lowest BCUT2D eigenvalue weighted by Crippen LogP contribution is -2.33. The van der Waals surface area contributed by atoms with Crippen molar-refractivity contribution in [2.24, 2.45) is 5.41 Å². The average molecular weight is 235 g/mol. The summed E-state index contributed by atoms with van der Waals surface area (Å²) < 4.78 is 4.78. The minimum atomic E-state index is -0.524. The zero-order valence-electron chi connectivity index (χ0n) is 11.3. The highest BCUT2D eigenvalue weighted by atomic mass is 16.5. The van der Waals surface area contributed by atoms with Crippen molar-refractivity contribution in [3.63, 3.8) is 0 Å². The molecule has 0 spiro atoms. The maximum atomic E-state index is 11.6. The highest BCUT2D eigenvalue weighted by Crippen LogP contribution is 2.23. The fraction of sp³-hybridized carbons (Fsp3) is 0.500. The van der Waals surface area contributed by atoms with Crippen LogP contribution < -0.4 is 5.32 Å². The summed E-state index contributed by atoms with van der Waals surface area (Å²) in [4.78, 5) is 11.6. The van der Waals surface area contributed by atoms with E-state index in [4.69, 9.17) is 4.74 Å². The van der Waals surface area contributed by atoms with Gasteiger partial charge in [0.1, 0.15) is 0 Å². The van der Waals surface area contributed by atoms with Crippen LogP contribution in [0, 0.1) is 19.3 Å². The first-order valence-corrected chi connectivity index (χ1v) is 5.77. The van der Waals surface area contributed by atoms with Crippen molar-refractivity contribution >= 4 is 11.7 Å². The largest absolute Gasteiger partial charge is 0.469 e. The van der Waals surface area contributed by atoms with Crippen LogP contribution in [0.3, 0.4) is 0 Å². The second kappa shape index (κ2) is 5.21. The molecule has 1 aromatic carbocycles. The Balaban J connectivity index is 2.77. The highest BCUT2D eigenvalue weighted by Gasteiger charge is 2.28. The topological polar surface area (TPSA) is 38.3 Å². The van der Waals surface area contributed by atoms with Gasteiger partial charge in [-0.25, -0.2) is 0 Å². The van der Waals surface area contributed by atoms with Crippen LogP contribution in [0.4, 0.5) is 5.69 Å². The second-order valence-electron chi connectivity index (χ2n) is 5.00. The number of aryl methyl sites for hydroxylation is 2. The molecule has 0 heterocycles. The van der Waals surface area contributed by atoms with Crippen molar-refractivity contribution in [3.8, 4) is 0 Å². The summed E-state index contributed by atoms with van der Waals surface area (Å²) in [6.07, 6.45) is 0. The van der Waals surface area contributed by atoms with E-state index in [0.717, 1.165) is 5.69 Å². The summed E-state index contributed by atoms with van der Waals surface area (Å²) in [6, 6.07) is 6.14. The summed E-state index contributed by atoms with van der Waals surface area (Å²) in [5, 5.41) is 3.34. The molecule has 0 radical (unpaired) electrons. The first-order valence-electron chi connectivity index (χ1n) is 5.77. The maximum absolute atomic E-state index is 11.6. The molecule has 0 atom stereocenters. The minimum Gasteiger partial charge on any atom is -0.469 e. The van der Waals surface area contributed by atoms with Gasteiger partial charge in [0.15, 0.2) is 0 Å². The number of benzene rings is 1. The molecule has 0 aliphatic rings. The van der Waals surface area contributed by atoms with Gasteiger partial charge in [-0.3, -0.25) is 4.79 Å². The normalized spacial score (nSPS) is 11.1. The standard InChI is InChI=1S/C14H21NO2/c1-10-7-6-8-11(2)12(10)15-9-14(3,4)13(16)17-5/h6-8,15H,9H2,1-5H3. The monoisotopic (exact) mass is 235 g/mol. The molecule has 1 N–H and O–H groups in total. The Morgan fingerprint density at radius 1 is 1.29 bits per heavy atom. The Bertz CT molecular complexity index is 390. The minimum absolute atomic E-state index is 0.198. The van der Waals surface area contributed by atoms with Gasteiger partial charge in [-0.05, 0) is 38.8 Å². The van der Waals surface area contributed by atoms with E-state index in [-0.39, 0.29) is 5.97 Å². The van der Waals surface area contributed by atoms with Crippen molar-refractivity contribution in [1.82, 2.24) is 0 Å². The van der Waals surface area contributed by atoms with E-state index in [0.29, 0.717) is 6.54 Å². The molecule has 3 heteroatoms. The Hall–Kier alpha value is -1.51. The molecule has 1 rings (SSSR count). The number of carbonyl (C=O) groups excluding carboxylic acids is 1. The number of ether oxygens (including phenoxy) is 1. The molecular weight excluding hydrogens is 214 g/mol. The van der Waals surface area contributed by atoms with E-state index in [1.54, 1.807) is 0 Å². The number of para-hydroxylation sites is 1. The number of nitrogens with one attached hydrogen (secondary N) is 1. The molecule has 0 fully saturated rings. The molecule has 0 unspecified atom stereocenters. The van der Waals surface area contributed by atoms with Gasteiger partial charge in [-0.2, -0.15) is 0 Å². The zero-order chi connectivity index (χ0) is 13.1. The molecule has 0 aliphatic carbocycles. The van der Waals surface area contributed by atoms with Crippen molar-refractivity contribution in [2.75, 3.05) is 19.0 Å². The van der Waals surface area contributed by atoms with Crippen LogP contribution in [-0.4, -0.2) is 19.6 Å². The van der Waals surface area contributed by atoms with Gasteiger partial charge in [-0.1, -0.05) is 18.2 Å². The average Bonchev–Trinajstić information content (AvgIpc) is 2.27. The van der Waals surface area contributed by atoms with E-state index in [9.17, 15) is 4.79 Å². The van der Waals surface area contributed by atoms with E-state index in [2.05, 4.69) is 31.3 Å². The van der Waals surface area contributed by atoms with Crippen LogP contribution in [-0.2, 0) is 9.53 Å². The van der Waals surface area contributed by atoms with Crippen molar-refractivity contribution in [2.45, 2.75) is 27.7 Å². The number of hydrogen-bond donors (Lipinski definition) is 1. The molecule has 0 saturated carbocycles. The maximum Gasteiger partial charge on any atom is 0.313 e. The van der Waals surface area contributed by atoms with Crippen LogP contribution in [0.15, 0.2) is 18.2 Å². The summed E-state index contributed by atoms with van der Waals surface area (Å²) in [5.74, 6) is -0.198. The number of methoxy groups -OCH3 is 1. The number of carbonyl (C=O) groups is 1. The number of esters is 1. The van der Waals surface area contributed by atoms with Gasteiger partial charge in [0.2, 0.25) is 0 Å². The second-order valence-corrected chi connectivity index (χ2v) is 5.00. The summed E-state index contributed by atoms with van der Waals surface area (Å²) in [7, 11) is 1.42. The third-order valence-corrected chi connectivity index (χ3v) is 2.93. The van der Waals surface area contributed by atoms with Gasteiger partial charge in [0.25, 0.3) is 0 Å². The van der Waals surface area contributed by atoms with E-state index in [1.165, 1.54) is 18.2 Å². The molecule has 0 aromatic heterocycles. The number of anilines is 1. The molecule has 1 aromatic rings. The van der Waals surface area contributed by atoms with Crippen LogP contribution in [0.25, 0.3) is 0 Å². The first-order chi connectivity index (χ1) is 7.88. The van der Waals surface area contributed by atoms with E-state index in [1.807, 2.05) is 19.9 Å². The number of rotatable bonds is 4. The fourth-order valence-electron chi connectivity index (χ4n) is 1.75. The SMILES string of the molecule is COC(=O)C(C)(C)CNc1c(C)cccc1C. The quantitative estimate of drug-likeness (QED) is 0.815. The van der Waals surface area contributed by atoms with Crippen molar-refractivity contribution < 1.29 is 9.53 Å². The Morgan fingerprint density at radius 3 is 2.29 bits per heavy atom. The molecule has 17 heavy (non-hydrogen) atoms. The third-order valence-electron chi connectivity index (χ3n) is 2.93. The van der Waals surface area contributed by atoms with Crippen LogP contribution in [0.2, 0.25) is 0 Å². The highest BCUT2D eigenvalue weighted by molar-refractivity contribution is 5.76. The van der Waals surface area contributed by atoms with Gasteiger partial charge < -0.3 is 10.1 Å². The smallest absolute Gasteiger partial charge is 0.313 e. The zero-order valence-corrected chi connectivity index (χ0v) is 11.3. The lowest BCUT2D eigenvalue weighted by molar-refractivity contribution is -0.149. The first kappa shape index (κ1) is 13.6. The van der Waals surface area contributed by atoms with Crippen LogP contribution in [0.5, 0.6) is 0 Å². The van der Waals surface area contributed by atoms with Crippen molar-refractivity contribution in [3.05, 3.63) is 29.3 Å². The molecule has 0 aliphatic heterocycles. The third kappa shape index (κ3) is 3.22. The van der Waals surface area contributed by atoms with E-state index >= 15 is 0 Å². The molecule has 3 nitrogen and oxygen atoms in total. The molecule has 0 amide bonds. The van der Waals surface area contributed by atoms with E-state index < -0.39 is 5.41 Å². The number of hydrogen-bond acceptors (Lipinski definition) is 3. The fourth-order valence-corrected chi connectivity index (χ4v) is 1.75. The molecule has 0 saturated heterocycles. The predicted molar refractivity (Wildman–Crippen MR) is 70.2 cm³/mol. The lowest BCUT2D eigenvalue weighted by Gasteiger charge is -2.23. The van der Waals surface area contributed by atoms with Crippen LogP contribution in [0.1, 0.15) is 25.0 Å². The van der Waals surface area contributed by atoms with Gasteiger partial charge in [-0.15, -0.1) is 0 Å². The van der Waals surface area contributed by atoms with Gasteiger partial charge in [0, 0.05) is 12.2 Å². The van der Waals surface area contributed by atoms with Gasteiger partial charge >= 0.3 is 5.97 Å². The Morgan fingerprint density at radius 2 is 1.82 bits per heavy atom. The van der Waals surface area contributed by atoms with Crippen molar-refractivity contribution in [1.29, 1.82) is 0 Å². The summed E-state index contributed by atoms with van der Waals surface area (Å²) in [6.45, 7) is 8.42. The summed E-state index contributed by atoms with van der Waals surface area (Å²) in [5.41, 5.74) is 2.95. The van der Waals surface area contributed by atoms with Crippen LogP contribution >= 0.6 is 0 Å². The summed E-state index contributed by atoms with van der Waals surface area (Å²) >= 11 is 0. The lowest BCUT2D eigenvalue weighted by atomic mass is 9.93. The Kier molecular flexibility index (Phi) is 4.16. The Labute approximate surface area is 103 Å². The molecular formula is C14H21NO2. The predicted octanol–water partition coefficient (Wildman–Crippen LogP) is 2.91. The molecule has 0 bridgehead atoms. The molecule has 94 valence electrons.